The maximum absolute atomic E-state index is 12.4. The molecule has 0 aliphatic rings. The molecule has 4 rings (SSSR count). The summed E-state index contributed by atoms with van der Waals surface area (Å²) in [4.78, 5) is 16.4. The van der Waals surface area contributed by atoms with E-state index in [1.165, 1.54) is 22.7 Å². The number of thioether (sulfide) groups is 1. The first-order chi connectivity index (χ1) is 14.6. The molecule has 1 amide bonds. The number of fused-ring (bicyclic) bond motifs is 1. The third-order valence-electron chi connectivity index (χ3n) is 4.77. The first-order valence-corrected chi connectivity index (χ1v) is 10.9. The van der Waals surface area contributed by atoms with Crippen molar-refractivity contribution in [3.05, 3.63) is 71.3 Å². The Labute approximate surface area is 183 Å². The topological polar surface area (TPSA) is 72.7 Å². The number of carbonyl (C=O) groups excluding carboxylic acids is 1. The van der Waals surface area contributed by atoms with Crippen LogP contribution in [0, 0.1) is 6.92 Å². The molecular weight excluding hydrogens is 418 g/mol. The van der Waals surface area contributed by atoms with Gasteiger partial charge in [0.15, 0.2) is 10.3 Å². The van der Waals surface area contributed by atoms with Crippen LogP contribution in [0.15, 0.2) is 59.9 Å². The highest BCUT2D eigenvalue weighted by atomic mass is 35.5. The van der Waals surface area contributed by atoms with E-state index >= 15 is 0 Å². The molecule has 0 aliphatic carbocycles. The molecule has 2 heterocycles. The molecule has 8 heteroatoms. The number of aromatic nitrogens is 4. The monoisotopic (exact) mass is 437 g/mol. The molecule has 0 spiro atoms. The average Bonchev–Trinajstić information content (AvgIpc) is 3.13. The van der Waals surface area contributed by atoms with E-state index in [1.807, 2.05) is 23.6 Å². The number of hydrogen-bond donors (Lipinski definition) is 1. The van der Waals surface area contributed by atoms with Crippen molar-refractivity contribution >= 4 is 45.7 Å². The van der Waals surface area contributed by atoms with Crippen LogP contribution < -0.4 is 5.32 Å². The molecule has 0 fully saturated rings. The fraction of sp³-hybridized carbons (Fsp3) is 0.182. The van der Waals surface area contributed by atoms with Gasteiger partial charge in [-0.2, -0.15) is 0 Å². The largest absolute Gasteiger partial charge is 0.323 e. The predicted octanol–water partition coefficient (Wildman–Crippen LogP) is 5.07. The van der Waals surface area contributed by atoms with Gasteiger partial charge in [-0.3, -0.25) is 9.36 Å². The van der Waals surface area contributed by atoms with Gasteiger partial charge in [0.2, 0.25) is 5.91 Å². The van der Waals surface area contributed by atoms with Crippen molar-refractivity contribution in [3.8, 4) is 5.69 Å². The molecule has 0 radical (unpaired) electrons. The number of aryl methyl sites for hydroxylation is 2. The summed E-state index contributed by atoms with van der Waals surface area (Å²) in [6, 6.07) is 16.0. The number of nitrogens with one attached hydrogen (secondary N) is 1. The second-order valence-corrected chi connectivity index (χ2v) is 7.99. The smallest absolute Gasteiger partial charge is 0.234 e. The van der Waals surface area contributed by atoms with E-state index < -0.39 is 0 Å². The third kappa shape index (κ3) is 4.04. The SMILES string of the molecule is CCc1ccc(-n2c(C)nnc2SCC(=O)Nc2cccnc2Cl)c2ccccc12. The number of nitrogens with zero attached hydrogens (tertiary/aromatic N) is 4. The second kappa shape index (κ2) is 8.85. The average molecular weight is 438 g/mol. The van der Waals surface area contributed by atoms with Gasteiger partial charge in [0.05, 0.1) is 17.1 Å². The normalized spacial score (nSPS) is 11.0. The fourth-order valence-electron chi connectivity index (χ4n) is 3.36. The van der Waals surface area contributed by atoms with Crippen LogP contribution in [0.2, 0.25) is 5.15 Å². The van der Waals surface area contributed by atoms with Gasteiger partial charge in [0, 0.05) is 11.6 Å². The number of anilines is 1. The summed E-state index contributed by atoms with van der Waals surface area (Å²) in [6.45, 7) is 4.06. The maximum Gasteiger partial charge on any atom is 0.234 e. The summed E-state index contributed by atoms with van der Waals surface area (Å²) >= 11 is 7.34. The van der Waals surface area contributed by atoms with Gasteiger partial charge in [-0.25, -0.2) is 4.98 Å². The van der Waals surface area contributed by atoms with Gasteiger partial charge < -0.3 is 5.32 Å². The number of pyridine rings is 1. The van der Waals surface area contributed by atoms with Gasteiger partial charge in [0.1, 0.15) is 5.82 Å². The Bertz CT molecular complexity index is 1220. The van der Waals surface area contributed by atoms with E-state index in [9.17, 15) is 4.79 Å². The third-order valence-corrected chi connectivity index (χ3v) is 6.00. The number of halogens is 1. The van der Waals surface area contributed by atoms with Crippen molar-refractivity contribution in [1.82, 2.24) is 19.7 Å². The van der Waals surface area contributed by atoms with E-state index in [-0.39, 0.29) is 16.8 Å². The van der Waals surface area contributed by atoms with E-state index in [4.69, 9.17) is 11.6 Å². The molecule has 0 unspecified atom stereocenters. The minimum absolute atomic E-state index is 0.175. The summed E-state index contributed by atoms with van der Waals surface area (Å²) in [6.07, 6.45) is 2.53. The zero-order chi connectivity index (χ0) is 21.1. The molecule has 152 valence electrons. The van der Waals surface area contributed by atoms with E-state index in [2.05, 4.69) is 51.7 Å². The highest BCUT2D eigenvalue weighted by Gasteiger charge is 2.16. The fourth-order valence-corrected chi connectivity index (χ4v) is 4.32. The summed E-state index contributed by atoms with van der Waals surface area (Å²) in [5.41, 5.74) is 2.79. The lowest BCUT2D eigenvalue weighted by Crippen LogP contribution is -2.15. The number of carbonyl (C=O) groups is 1. The van der Waals surface area contributed by atoms with Crippen LogP contribution in [0.1, 0.15) is 18.3 Å². The van der Waals surface area contributed by atoms with Crippen LogP contribution in [-0.4, -0.2) is 31.4 Å². The van der Waals surface area contributed by atoms with Crippen molar-refractivity contribution in [2.45, 2.75) is 25.4 Å². The molecule has 4 aromatic rings. The molecule has 0 saturated heterocycles. The molecule has 0 aliphatic heterocycles. The van der Waals surface area contributed by atoms with Gasteiger partial charge in [-0.15, -0.1) is 10.2 Å². The molecule has 0 bridgehead atoms. The van der Waals surface area contributed by atoms with Gasteiger partial charge >= 0.3 is 0 Å². The maximum atomic E-state index is 12.4. The Morgan fingerprint density at radius 3 is 2.67 bits per heavy atom. The van der Waals surface area contributed by atoms with Crippen molar-refractivity contribution in [2.24, 2.45) is 0 Å². The summed E-state index contributed by atoms with van der Waals surface area (Å²) in [5.74, 6) is 0.754. The Morgan fingerprint density at radius 2 is 1.90 bits per heavy atom. The molecule has 30 heavy (non-hydrogen) atoms. The Kier molecular flexibility index (Phi) is 6.01. The molecule has 0 atom stereocenters. The Balaban J connectivity index is 1.61. The van der Waals surface area contributed by atoms with Crippen molar-refractivity contribution < 1.29 is 4.79 Å². The van der Waals surface area contributed by atoms with Crippen molar-refractivity contribution in [3.63, 3.8) is 0 Å². The lowest BCUT2D eigenvalue weighted by Gasteiger charge is -2.14. The first-order valence-electron chi connectivity index (χ1n) is 9.54. The predicted molar refractivity (Wildman–Crippen MR) is 122 cm³/mol. The molecule has 1 N–H and O–H groups in total. The molecule has 2 aromatic carbocycles. The standard InChI is InChI=1S/C22H20ClN5OS/c1-3-15-10-11-19(17-8-5-4-7-16(15)17)28-14(2)26-27-22(28)30-13-20(29)25-18-9-6-12-24-21(18)23/h4-12H,3,13H2,1-2H3,(H,25,29). The molecule has 0 saturated carbocycles. The number of rotatable bonds is 6. The highest BCUT2D eigenvalue weighted by Crippen LogP contribution is 2.30. The number of benzene rings is 2. The molecule has 6 nitrogen and oxygen atoms in total. The lowest BCUT2D eigenvalue weighted by molar-refractivity contribution is -0.113. The Morgan fingerprint density at radius 1 is 1.10 bits per heavy atom. The number of amides is 1. The lowest BCUT2D eigenvalue weighted by atomic mass is 10.0. The van der Waals surface area contributed by atoms with Crippen molar-refractivity contribution in [2.75, 3.05) is 11.1 Å². The van der Waals surface area contributed by atoms with Crippen LogP contribution in [0.25, 0.3) is 16.5 Å². The van der Waals surface area contributed by atoms with Crippen molar-refractivity contribution in [1.29, 1.82) is 0 Å². The van der Waals surface area contributed by atoms with Crippen LogP contribution in [-0.2, 0) is 11.2 Å². The van der Waals surface area contributed by atoms with Gasteiger partial charge in [-0.1, -0.05) is 60.6 Å². The van der Waals surface area contributed by atoms with E-state index in [0.29, 0.717) is 10.8 Å². The summed E-state index contributed by atoms with van der Waals surface area (Å²) in [7, 11) is 0. The van der Waals surface area contributed by atoms with Gasteiger partial charge in [0.25, 0.3) is 0 Å². The Hall–Kier alpha value is -2.90. The summed E-state index contributed by atoms with van der Waals surface area (Å²) < 4.78 is 2.00. The minimum Gasteiger partial charge on any atom is -0.323 e. The quantitative estimate of drug-likeness (QED) is 0.336. The molecular formula is C22H20ClN5OS. The second-order valence-electron chi connectivity index (χ2n) is 6.69. The zero-order valence-corrected chi connectivity index (χ0v) is 18.2. The van der Waals surface area contributed by atoms with Crippen LogP contribution in [0.5, 0.6) is 0 Å². The first kappa shape index (κ1) is 20.4. The van der Waals surface area contributed by atoms with Gasteiger partial charge in [-0.05, 0) is 42.5 Å². The highest BCUT2D eigenvalue weighted by molar-refractivity contribution is 7.99. The van der Waals surface area contributed by atoms with E-state index in [1.54, 1.807) is 18.3 Å². The van der Waals surface area contributed by atoms with Crippen LogP contribution in [0.3, 0.4) is 0 Å². The minimum atomic E-state index is -0.187. The van der Waals surface area contributed by atoms with Crippen LogP contribution >= 0.6 is 23.4 Å². The van der Waals surface area contributed by atoms with E-state index in [0.717, 1.165) is 23.3 Å². The van der Waals surface area contributed by atoms with Crippen LogP contribution in [0.4, 0.5) is 5.69 Å². The summed E-state index contributed by atoms with van der Waals surface area (Å²) in [5, 5.41) is 14.6. The zero-order valence-electron chi connectivity index (χ0n) is 16.6. The number of hydrogen-bond acceptors (Lipinski definition) is 5. The molecule has 2 aromatic heterocycles.